The molecule has 6 heteroatoms. The molecule has 3 aliphatic heterocycles. The number of likely N-dealkylation sites (tertiary alicyclic amines) is 2. The van der Waals surface area contributed by atoms with E-state index in [9.17, 15) is 9.59 Å². The summed E-state index contributed by atoms with van der Waals surface area (Å²) < 4.78 is 6.20. The lowest BCUT2D eigenvalue weighted by molar-refractivity contribution is -0.140. The molecule has 0 aromatic carbocycles. The minimum absolute atomic E-state index is 0.00187. The maximum Gasteiger partial charge on any atom is 0.272 e. The first-order valence-corrected chi connectivity index (χ1v) is 10.3. The van der Waals surface area contributed by atoms with Crippen molar-refractivity contribution >= 4 is 11.8 Å². The second-order valence-corrected chi connectivity index (χ2v) is 8.19. The molecule has 2 amide bonds. The number of hydrogen-bond acceptors (Lipinski definition) is 4. The van der Waals surface area contributed by atoms with Gasteiger partial charge in [0.05, 0.1) is 5.60 Å². The standard InChI is InChI=1S/C21H29N3O3/c25-19(23-10-3-4-11-23)15-17-6-14-27-21(16-17)7-12-24(13-8-21)20(26)18-5-1-2-9-22-18/h1-2,5,9,17H,3-4,6-8,10-16H2. The van der Waals surface area contributed by atoms with Crippen molar-refractivity contribution in [3.63, 3.8) is 0 Å². The average molecular weight is 371 g/mol. The van der Waals surface area contributed by atoms with Crippen LogP contribution in [-0.4, -0.2) is 65.0 Å². The fourth-order valence-corrected chi connectivity index (χ4v) is 4.76. The quantitative estimate of drug-likeness (QED) is 0.819. The van der Waals surface area contributed by atoms with Gasteiger partial charge < -0.3 is 14.5 Å². The molecular formula is C21H29N3O3. The molecule has 0 aliphatic carbocycles. The third-order valence-corrected chi connectivity index (χ3v) is 6.36. The van der Waals surface area contributed by atoms with E-state index in [0.29, 0.717) is 37.0 Å². The van der Waals surface area contributed by atoms with Crippen molar-refractivity contribution in [1.82, 2.24) is 14.8 Å². The number of pyridine rings is 1. The molecule has 0 radical (unpaired) electrons. The van der Waals surface area contributed by atoms with Crippen molar-refractivity contribution in [1.29, 1.82) is 0 Å². The first-order chi connectivity index (χ1) is 13.2. The maximum absolute atomic E-state index is 12.6. The Morgan fingerprint density at radius 3 is 2.59 bits per heavy atom. The summed E-state index contributed by atoms with van der Waals surface area (Å²) in [5.74, 6) is 0.726. The molecule has 1 aromatic rings. The van der Waals surface area contributed by atoms with Gasteiger partial charge in [0.2, 0.25) is 5.91 Å². The molecule has 3 aliphatic rings. The van der Waals surface area contributed by atoms with Crippen molar-refractivity contribution in [3.05, 3.63) is 30.1 Å². The third-order valence-electron chi connectivity index (χ3n) is 6.36. The Hall–Kier alpha value is -1.95. The van der Waals surface area contributed by atoms with E-state index in [-0.39, 0.29) is 11.5 Å². The van der Waals surface area contributed by atoms with Crippen LogP contribution in [0.3, 0.4) is 0 Å². The predicted molar refractivity (Wildman–Crippen MR) is 101 cm³/mol. The Bertz CT molecular complexity index is 665. The van der Waals surface area contributed by atoms with Crippen LogP contribution in [-0.2, 0) is 9.53 Å². The third kappa shape index (κ3) is 4.15. The van der Waals surface area contributed by atoms with E-state index in [1.807, 2.05) is 21.9 Å². The summed E-state index contributed by atoms with van der Waals surface area (Å²) in [7, 11) is 0. The number of carbonyl (C=O) groups is 2. The molecule has 4 heterocycles. The van der Waals surface area contributed by atoms with E-state index in [0.717, 1.165) is 58.2 Å². The van der Waals surface area contributed by atoms with Crippen LogP contribution in [0.4, 0.5) is 0 Å². The smallest absolute Gasteiger partial charge is 0.272 e. The van der Waals surface area contributed by atoms with E-state index in [1.165, 1.54) is 0 Å². The number of hydrogen-bond donors (Lipinski definition) is 0. The Kier molecular flexibility index (Phi) is 5.43. The summed E-state index contributed by atoms with van der Waals surface area (Å²) in [5, 5.41) is 0. The van der Waals surface area contributed by atoms with Gasteiger partial charge in [0.1, 0.15) is 5.69 Å². The van der Waals surface area contributed by atoms with Crippen LogP contribution in [0, 0.1) is 5.92 Å². The first-order valence-electron chi connectivity index (χ1n) is 10.3. The highest BCUT2D eigenvalue weighted by Crippen LogP contribution is 2.39. The zero-order valence-electron chi connectivity index (χ0n) is 15.9. The van der Waals surface area contributed by atoms with Crippen molar-refractivity contribution in [2.45, 2.75) is 50.5 Å². The maximum atomic E-state index is 12.6. The summed E-state index contributed by atoms with van der Waals surface area (Å²) in [4.78, 5) is 33.2. The van der Waals surface area contributed by atoms with E-state index < -0.39 is 0 Å². The molecule has 146 valence electrons. The fourth-order valence-electron chi connectivity index (χ4n) is 4.76. The number of aromatic nitrogens is 1. The average Bonchev–Trinajstić information content (AvgIpc) is 3.24. The summed E-state index contributed by atoms with van der Waals surface area (Å²) in [6.07, 6.45) is 8.20. The van der Waals surface area contributed by atoms with Gasteiger partial charge >= 0.3 is 0 Å². The molecule has 3 fully saturated rings. The lowest BCUT2D eigenvalue weighted by Crippen LogP contribution is -2.51. The lowest BCUT2D eigenvalue weighted by Gasteiger charge is -2.46. The van der Waals surface area contributed by atoms with Crippen molar-refractivity contribution in [2.75, 3.05) is 32.8 Å². The van der Waals surface area contributed by atoms with Crippen LogP contribution < -0.4 is 0 Å². The number of carbonyl (C=O) groups excluding carboxylic acids is 2. The molecule has 6 nitrogen and oxygen atoms in total. The number of piperidine rings is 1. The van der Waals surface area contributed by atoms with Crippen LogP contribution in [0.15, 0.2) is 24.4 Å². The van der Waals surface area contributed by atoms with Gasteiger partial charge in [-0.15, -0.1) is 0 Å². The molecule has 4 rings (SSSR count). The summed E-state index contributed by atoms with van der Waals surface area (Å²) in [6, 6.07) is 5.43. The molecule has 0 bridgehead atoms. The molecule has 1 atom stereocenters. The Labute approximate surface area is 160 Å². The second-order valence-electron chi connectivity index (χ2n) is 8.19. The van der Waals surface area contributed by atoms with Crippen LogP contribution >= 0.6 is 0 Å². The van der Waals surface area contributed by atoms with Gasteiger partial charge in [-0.25, -0.2) is 0 Å². The van der Waals surface area contributed by atoms with E-state index in [2.05, 4.69) is 4.98 Å². The highest BCUT2D eigenvalue weighted by molar-refractivity contribution is 5.92. The van der Waals surface area contributed by atoms with Crippen molar-refractivity contribution in [3.8, 4) is 0 Å². The molecular weight excluding hydrogens is 342 g/mol. The van der Waals surface area contributed by atoms with Gasteiger partial charge in [0.15, 0.2) is 0 Å². The summed E-state index contributed by atoms with van der Waals surface area (Å²) in [5.41, 5.74) is 0.349. The molecule has 1 unspecified atom stereocenters. The normalized spacial score (nSPS) is 25.0. The topological polar surface area (TPSA) is 62.7 Å². The molecule has 0 saturated carbocycles. The number of nitrogens with zero attached hydrogens (tertiary/aromatic N) is 3. The fraction of sp³-hybridized carbons (Fsp3) is 0.667. The van der Waals surface area contributed by atoms with Gasteiger partial charge in [-0.3, -0.25) is 14.6 Å². The predicted octanol–water partition coefficient (Wildman–Crippen LogP) is 2.50. The van der Waals surface area contributed by atoms with Gasteiger partial charge in [-0.05, 0) is 56.6 Å². The summed E-state index contributed by atoms with van der Waals surface area (Å²) in [6.45, 7) is 3.98. The highest BCUT2D eigenvalue weighted by Gasteiger charge is 2.42. The lowest BCUT2D eigenvalue weighted by atomic mass is 9.78. The van der Waals surface area contributed by atoms with Crippen molar-refractivity contribution in [2.24, 2.45) is 5.92 Å². The number of rotatable bonds is 3. The minimum atomic E-state index is -0.158. The van der Waals surface area contributed by atoms with Crippen LogP contribution in [0.2, 0.25) is 0 Å². The largest absolute Gasteiger partial charge is 0.375 e. The second kappa shape index (κ2) is 7.97. The minimum Gasteiger partial charge on any atom is -0.375 e. The van der Waals surface area contributed by atoms with E-state index in [1.54, 1.807) is 12.3 Å². The summed E-state index contributed by atoms with van der Waals surface area (Å²) >= 11 is 0. The van der Waals surface area contributed by atoms with E-state index >= 15 is 0 Å². The first kappa shape index (κ1) is 18.4. The molecule has 1 spiro atoms. The van der Waals surface area contributed by atoms with Gasteiger partial charge in [0, 0.05) is 45.4 Å². The van der Waals surface area contributed by atoms with Crippen LogP contribution in [0.1, 0.15) is 55.4 Å². The van der Waals surface area contributed by atoms with E-state index in [4.69, 9.17) is 4.74 Å². The molecule has 0 N–H and O–H groups in total. The number of ether oxygens (including phenoxy) is 1. The monoisotopic (exact) mass is 371 g/mol. The zero-order chi connectivity index (χ0) is 18.7. The highest BCUT2D eigenvalue weighted by atomic mass is 16.5. The Balaban J connectivity index is 1.32. The van der Waals surface area contributed by atoms with Gasteiger partial charge in [-0.2, -0.15) is 0 Å². The van der Waals surface area contributed by atoms with Gasteiger partial charge in [-0.1, -0.05) is 6.07 Å². The van der Waals surface area contributed by atoms with Crippen molar-refractivity contribution < 1.29 is 14.3 Å². The Morgan fingerprint density at radius 1 is 1.11 bits per heavy atom. The molecule has 27 heavy (non-hydrogen) atoms. The zero-order valence-corrected chi connectivity index (χ0v) is 15.9. The number of amides is 2. The van der Waals surface area contributed by atoms with Gasteiger partial charge in [0.25, 0.3) is 5.91 Å². The van der Waals surface area contributed by atoms with Crippen LogP contribution in [0.25, 0.3) is 0 Å². The Morgan fingerprint density at radius 2 is 1.89 bits per heavy atom. The molecule has 3 saturated heterocycles. The van der Waals surface area contributed by atoms with Crippen LogP contribution in [0.5, 0.6) is 0 Å². The SMILES string of the molecule is O=C(CC1CCOC2(CCN(C(=O)c3ccccn3)CC2)C1)N1CCCC1. The molecule has 1 aromatic heterocycles.